The van der Waals surface area contributed by atoms with Crippen LogP contribution in [0.15, 0.2) is 158 Å². The van der Waals surface area contributed by atoms with Gasteiger partial charge in [0.15, 0.2) is 6.10 Å². The summed E-state index contributed by atoms with van der Waals surface area (Å²) in [6.07, 6.45) is 79.5. The molecule has 378 valence electrons. The average molecular weight is 935 g/mol. The first-order chi connectivity index (χ1) is 33.5. The van der Waals surface area contributed by atoms with Crippen LogP contribution in [0.2, 0.25) is 0 Å². The van der Waals surface area contributed by atoms with E-state index in [1.54, 1.807) is 0 Å². The highest BCUT2D eigenvalue weighted by Gasteiger charge is 2.19. The third kappa shape index (κ3) is 52.0. The fourth-order valence-electron chi connectivity index (χ4n) is 6.34. The summed E-state index contributed by atoms with van der Waals surface area (Å²) < 4.78 is 16.7. The Morgan fingerprint density at radius 1 is 0.309 bits per heavy atom. The molecule has 0 saturated heterocycles. The van der Waals surface area contributed by atoms with E-state index in [0.29, 0.717) is 19.3 Å². The fourth-order valence-corrected chi connectivity index (χ4v) is 6.34. The number of allylic oxidation sites excluding steroid dienone is 26. The van der Waals surface area contributed by atoms with E-state index in [2.05, 4.69) is 179 Å². The highest BCUT2D eigenvalue weighted by molar-refractivity contribution is 5.71. The van der Waals surface area contributed by atoms with Crippen LogP contribution >= 0.6 is 0 Å². The molecule has 0 aromatic carbocycles. The zero-order chi connectivity index (χ0) is 49.3. The first-order valence-electron chi connectivity index (χ1n) is 26.5. The third-order valence-corrected chi connectivity index (χ3v) is 10.2. The van der Waals surface area contributed by atoms with Gasteiger partial charge in [0.25, 0.3) is 0 Å². The van der Waals surface area contributed by atoms with E-state index in [4.69, 9.17) is 14.2 Å². The standard InChI is InChI=1S/C62H94O6/c1-4-7-10-13-16-19-22-25-28-31-34-37-40-43-46-49-52-55-61(64)67-58-59(57-66-60(63)54-51-48-45-42-39-36-33-30-27-24-21-18-15-12-9-6-3)68-62(65)56-53-50-47-44-41-38-35-32-29-26-23-20-17-14-11-8-5-2/h7,9-10,12,16-21,25-30,34-39,43-44,46-47,59H,4-6,8,11,13-15,22-24,31-33,40-42,45,48-58H2,1-3H3/b10-7-,12-9-,19-16-,20-17-,21-18-,28-25-,29-26-,30-27-,37-34-,38-35-,39-36-,46-43-,47-44-. The van der Waals surface area contributed by atoms with Crippen molar-refractivity contribution in [2.45, 2.75) is 200 Å². The zero-order valence-electron chi connectivity index (χ0n) is 43.0. The molecule has 0 aromatic rings. The molecule has 1 unspecified atom stereocenters. The van der Waals surface area contributed by atoms with Gasteiger partial charge in [-0.3, -0.25) is 14.4 Å². The Morgan fingerprint density at radius 3 is 0.926 bits per heavy atom. The van der Waals surface area contributed by atoms with E-state index in [1.165, 1.54) is 25.7 Å². The maximum absolute atomic E-state index is 12.8. The second-order valence-corrected chi connectivity index (χ2v) is 16.7. The Labute approximate surface area is 416 Å². The number of esters is 3. The number of rotatable bonds is 45. The molecule has 0 aliphatic rings. The van der Waals surface area contributed by atoms with E-state index in [1.807, 2.05) is 0 Å². The Morgan fingerprint density at radius 2 is 0.588 bits per heavy atom. The summed E-state index contributed by atoms with van der Waals surface area (Å²) in [5, 5.41) is 0. The van der Waals surface area contributed by atoms with Crippen LogP contribution in [-0.2, 0) is 28.6 Å². The topological polar surface area (TPSA) is 78.9 Å². The largest absolute Gasteiger partial charge is 0.462 e. The van der Waals surface area contributed by atoms with Gasteiger partial charge >= 0.3 is 17.9 Å². The minimum atomic E-state index is -0.851. The molecular formula is C62H94O6. The summed E-state index contributed by atoms with van der Waals surface area (Å²) in [5.41, 5.74) is 0. The van der Waals surface area contributed by atoms with Gasteiger partial charge in [-0.05, 0) is 135 Å². The van der Waals surface area contributed by atoms with Crippen molar-refractivity contribution in [1.82, 2.24) is 0 Å². The van der Waals surface area contributed by atoms with Crippen molar-refractivity contribution in [3.05, 3.63) is 158 Å². The smallest absolute Gasteiger partial charge is 0.306 e. The summed E-state index contributed by atoms with van der Waals surface area (Å²) in [6.45, 7) is 6.23. The molecule has 0 radical (unpaired) electrons. The molecule has 0 aromatic heterocycles. The Hall–Kier alpha value is -4.97. The van der Waals surface area contributed by atoms with Crippen LogP contribution in [0.25, 0.3) is 0 Å². The highest BCUT2D eigenvalue weighted by atomic mass is 16.6. The van der Waals surface area contributed by atoms with E-state index >= 15 is 0 Å². The van der Waals surface area contributed by atoms with Crippen molar-refractivity contribution >= 4 is 17.9 Å². The molecule has 6 nitrogen and oxygen atoms in total. The molecule has 1 atom stereocenters. The molecule has 0 N–H and O–H groups in total. The van der Waals surface area contributed by atoms with E-state index in [0.717, 1.165) is 116 Å². The van der Waals surface area contributed by atoms with E-state index in [9.17, 15) is 14.4 Å². The number of unbranched alkanes of at least 4 members (excludes halogenated alkanes) is 8. The van der Waals surface area contributed by atoms with E-state index < -0.39 is 12.1 Å². The SMILES string of the molecule is CC/C=C\C/C=C\C/C=C\C/C=C\C/C=C\CCCC(=O)OCC(COC(=O)CCCCC/C=C\C/C=C\C/C=C\C/C=C\CC)OC(=O)CCC/C=C\C/C=C\C/C=C\C/C=C\CCCCC. The van der Waals surface area contributed by atoms with Gasteiger partial charge in [-0.25, -0.2) is 0 Å². The van der Waals surface area contributed by atoms with Crippen LogP contribution in [-0.4, -0.2) is 37.2 Å². The van der Waals surface area contributed by atoms with Crippen LogP contribution in [0, 0.1) is 0 Å². The fraction of sp³-hybridized carbons (Fsp3) is 0.532. The van der Waals surface area contributed by atoms with Crippen LogP contribution in [0.3, 0.4) is 0 Å². The van der Waals surface area contributed by atoms with Gasteiger partial charge in [0, 0.05) is 19.3 Å². The molecule has 68 heavy (non-hydrogen) atoms. The van der Waals surface area contributed by atoms with Crippen LogP contribution in [0.1, 0.15) is 194 Å². The molecule has 0 saturated carbocycles. The van der Waals surface area contributed by atoms with Crippen LogP contribution in [0.4, 0.5) is 0 Å². The second kappa shape index (κ2) is 54.6. The third-order valence-electron chi connectivity index (χ3n) is 10.2. The lowest BCUT2D eigenvalue weighted by molar-refractivity contribution is -0.167. The van der Waals surface area contributed by atoms with Gasteiger partial charge in [0.2, 0.25) is 0 Å². The van der Waals surface area contributed by atoms with Crippen molar-refractivity contribution in [2.24, 2.45) is 0 Å². The van der Waals surface area contributed by atoms with Crippen molar-refractivity contribution < 1.29 is 28.6 Å². The minimum absolute atomic E-state index is 0.142. The molecule has 0 bridgehead atoms. The van der Waals surface area contributed by atoms with Gasteiger partial charge in [-0.2, -0.15) is 0 Å². The minimum Gasteiger partial charge on any atom is -0.462 e. The lowest BCUT2D eigenvalue weighted by Gasteiger charge is -2.18. The lowest BCUT2D eigenvalue weighted by atomic mass is 10.1. The molecule has 0 fully saturated rings. The molecular weight excluding hydrogens is 841 g/mol. The van der Waals surface area contributed by atoms with Gasteiger partial charge in [0.05, 0.1) is 0 Å². The monoisotopic (exact) mass is 935 g/mol. The molecule has 0 rings (SSSR count). The number of ether oxygens (including phenoxy) is 3. The maximum Gasteiger partial charge on any atom is 0.306 e. The van der Waals surface area contributed by atoms with Crippen LogP contribution < -0.4 is 0 Å². The zero-order valence-corrected chi connectivity index (χ0v) is 43.0. The number of carbonyl (C=O) groups is 3. The van der Waals surface area contributed by atoms with Crippen molar-refractivity contribution in [3.8, 4) is 0 Å². The molecule has 0 amide bonds. The van der Waals surface area contributed by atoms with Crippen LogP contribution in [0.5, 0.6) is 0 Å². The molecule has 0 aliphatic heterocycles. The normalized spacial score (nSPS) is 13.4. The van der Waals surface area contributed by atoms with Gasteiger partial charge < -0.3 is 14.2 Å². The summed E-state index contributed by atoms with van der Waals surface area (Å²) in [5.74, 6) is -1.10. The van der Waals surface area contributed by atoms with Crippen molar-refractivity contribution in [1.29, 1.82) is 0 Å². The Bertz CT molecular complexity index is 1590. The van der Waals surface area contributed by atoms with Crippen molar-refractivity contribution in [2.75, 3.05) is 13.2 Å². The quantitative estimate of drug-likeness (QED) is 0.0262. The van der Waals surface area contributed by atoms with E-state index in [-0.39, 0.29) is 38.0 Å². The number of hydrogen-bond donors (Lipinski definition) is 0. The predicted octanol–water partition coefficient (Wildman–Crippen LogP) is 17.8. The highest BCUT2D eigenvalue weighted by Crippen LogP contribution is 2.10. The summed E-state index contributed by atoms with van der Waals surface area (Å²) in [4.78, 5) is 38.0. The predicted molar refractivity (Wildman–Crippen MR) is 292 cm³/mol. The summed E-state index contributed by atoms with van der Waals surface area (Å²) in [7, 11) is 0. The molecule has 0 heterocycles. The van der Waals surface area contributed by atoms with Gasteiger partial charge in [-0.1, -0.05) is 198 Å². The Balaban J connectivity index is 4.66. The lowest BCUT2D eigenvalue weighted by Crippen LogP contribution is -2.30. The summed E-state index contributed by atoms with van der Waals surface area (Å²) in [6, 6.07) is 0. The average Bonchev–Trinajstić information content (AvgIpc) is 3.34. The molecule has 0 spiro atoms. The number of hydrogen-bond acceptors (Lipinski definition) is 6. The van der Waals surface area contributed by atoms with Gasteiger partial charge in [0.1, 0.15) is 13.2 Å². The maximum atomic E-state index is 12.8. The van der Waals surface area contributed by atoms with Crippen molar-refractivity contribution in [3.63, 3.8) is 0 Å². The molecule has 0 aliphatic carbocycles. The Kier molecular flexibility index (Phi) is 50.6. The first kappa shape index (κ1) is 63.0. The molecule has 6 heteroatoms. The van der Waals surface area contributed by atoms with Gasteiger partial charge in [-0.15, -0.1) is 0 Å². The number of carbonyl (C=O) groups excluding carboxylic acids is 3. The first-order valence-corrected chi connectivity index (χ1v) is 26.5. The summed E-state index contributed by atoms with van der Waals surface area (Å²) >= 11 is 0. The second-order valence-electron chi connectivity index (χ2n) is 16.7.